The van der Waals surface area contributed by atoms with Gasteiger partial charge in [-0.2, -0.15) is 23.5 Å². The molecule has 0 bridgehead atoms. The van der Waals surface area contributed by atoms with Crippen LogP contribution in [0.5, 0.6) is 5.75 Å². The van der Waals surface area contributed by atoms with Crippen LogP contribution in [0.3, 0.4) is 0 Å². The first-order chi connectivity index (χ1) is 13.3. The van der Waals surface area contributed by atoms with Gasteiger partial charge in [0.1, 0.15) is 17.8 Å². The number of hydrogen-bond acceptors (Lipinski definition) is 7. The molecule has 0 aliphatic rings. The smallest absolute Gasteiger partial charge is 0.320 e. The summed E-state index contributed by atoms with van der Waals surface area (Å²) in [4.78, 5) is 22.7. The van der Waals surface area contributed by atoms with E-state index in [1.807, 2.05) is 31.6 Å². The highest BCUT2D eigenvalue weighted by Gasteiger charge is 2.19. The standard InChI is InChI=1S/C19H30N2O5S2/c1-12-8-13(10-20-15(18(23)24)4-6-27-2)17(22)14(9-12)11-21-16(19(25)26)5-7-28-3/h8-9,15-16,20-22H,4-7,10-11H2,1-3H3,(H,23,24)(H,25,26)/t15-,16-/m0/s1. The van der Waals surface area contributed by atoms with Crippen molar-refractivity contribution in [2.75, 3.05) is 24.0 Å². The highest BCUT2D eigenvalue weighted by Crippen LogP contribution is 2.25. The summed E-state index contributed by atoms with van der Waals surface area (Å²) in [6.45, 7) is 2.33. The van der Waals surface area contributed by atoms with Crippen LogP contribution < -0.4 is 10.6 Å². The molecule has 0 unspecified atom stereocenters. The lowest BCUT2D eigenvalue weighted by Crippen LogP contribution is -2.37. The Bertz CT molecular complexity index is 606. The largest absolute Gasteiger partial charge is 0.507 e. The maximum atomic E-state index is 11.4. The van der Waals surface area contributed by atoms with Crippen molar-refractivity contribution >= 4 is 35.5 Å². The number of carboxylic acids is 2. The van der Waals surface area contributed by atoms with E-state index in [1.54, 1.807) is 23.5 Å². The van der Waals surface area contributed by atoms with Crippen molar-refractivity contribution in [1.82, 2.24) is 10.6 Å². The van der Waals surface area contributed by atoms with Gasteiger partial charge in [-0.25, -0.2) is 0 Å². The van der Waals surface area contributed by atoms with Crippen LogP contribution in [0.25, 0.3) is 0 Å². The summed E-state index contributed by atoms with van der Waals surface area (Å²) < 4.78 is 0. The average molecular weight is 431 g/mol. The fraction of sp³-hybridized carbons (Fsp3) is 0.579. The molecule has 0 radical (unpaired) electrons. The Morgan fingerprint density at radius 1 is 0.929 bits per heavy atom. The minimum Gasteiger partial charge on any atom is -0.507 e. The Hall–Kier alpha value is -1.42. The first-order valence-corrected chi connectivity index (χ1v) is 11.8. The molecule has 158 valence electrons. The third-order valence-corrected chi connectivity index (χ3v) is 5.60. The van der Waals surface area contributed by atoms with Gasteiger partial charge in [0.05, 0.1) is 0 Å². The highest BCUT2D eigenvalue weighted by molar-refractivity contribution is 7.98. The lowest BCUT2D eigenvalue weighted by molar-refractivity contribution is -0.140. The molecule has 0 spiro atoms. The summed E-state index contributed by atoms with van der Waals surface area (Å²) >= 11 is 3.17. The van der Waals surface area contributed by atoms with Crippen LogP contribution in [0.2, 0.25) is 0 Å². The van der Waals surface area contributed by atoms with Crippen LogP contribution in [0.15, 0.2) is 12.1 Å². The Morgan fingerprint density at radius 3 is 1.64 bits per heavy atom. The summed E-state index contributed by atoms with van der Waals surface area (Å²) in [5.74, 6) is -0.312. The van der Waals surface area contributed by atoms with Crippen LogP contribution >= 0.6 is 23.5 Å². The molecule has 0 amide bonds. The predicted octanol–water partition coefficient (Wildman–Crippen LogP) is 2.29. The number of aliphatic carboxylic acids is 2. The van der Waals surface area contributed by atoms with Crippen LogP contribution in [0.4, 0.5) is 0 Å². The minimum absolute atomic E-state index is 0.0635. The number of aromatic hydroxyl groups is 1. The van der Waals surface area contributed by atoms with Gasteiger partial charge >= 0.3 is 11.9 Å². The maximum Gasteiger partial charge on any atom is 0.320 e. The van der Waals surface area contributed by atoms with Crippen molar-refractivity contribution in [2.24, 2.45) is 0 Å². The van der Waals surface area contributed by atoms with Crippen molar-refractivity contribution in [2.45, 2.75) is 44.9 Å². The summed E-state index contributed by atoms with van der Waals surface area (Å²) in [6.07, 6.45) is 4.84. The summed E-state index contributed by atoms with van der Waals surface area (Å²) in [5, 5.41) is 35.2. The summed E-state index contributed by atoms with van der Waals surface area (Å²) in [6, 6.07) is 2.25. The SMILES string of the molecule is CSCC[C@H](NCc1cc(C)cc(CN[C@@H](CCSC)C(=O)O)c1O)C(=O)O. The van der Waals surface area contributed by atoms with E-state index in [1.165, 1.54) is 0 Å². The number of phenols is 1. The molecule has 5 N–H and O–H groups in total. The van der Waals surface area contributed by atoms with Crippen LogP contribution in [0, 0.1) is 6.92 Å². The van der Waals surface area contributed by atoms with Gasteiger partial charge in [0.25, 0.3) is 0 Å². The van der Waals surface area contributed by atoms with Gasteiger partial charge in [0.15, 0.2) is 0 Å². The van der Waals surface area contributed by atoms with Crippen LogP contribution in [-0.4, -0.2) is 63.4 Å². The zero-order chi connectivity index (χ0) is 21.1. The van der Waals surface area contributed by atoms with E-state index in [0.717, 1.165) is 17.1 Å². The highest BCUT2D eigenvalue weighted by atomic mass is 32.2. The number of carboxylic acid groups (broad SMARTS) is 2. The molecule has 0 fully saturated rings. The maximum absolute atomic E-state index is 11.4. The molecule has 7 nitrogen and oxygen atoms in total. The fourth-order valence-electron chi connectivity index (χ4n) is 2.77. The molecule has 0 saturated carbocycles. The molecule has 1 aromatic carbocycles. The second-order valence-corrected chi connectivity index (χ2v) is 8.51. The van der Waals surface area contributed by atoms with E-state index in [0.29, 0.717) is 24.0 Å². The van der Waals surface area contributed by atoms with E-state index < -0.39 is 24.0 Å². The normalized spacial score (nSPS) is 13.2. The third-order valence-electron chi connectivity index (χ3n) is 4.31. The number of thioether (sulfide) groups is 2. The molecular weight excluding hydrogens is 400 g/mol. The van der Waals surface area contributed by atoms with Crippen LogP contribution in [-0.2, 0) is 22.7 Å². The van der Waals surface area contributed by atoms with Gasteiger partial charge in [0.2, 0.25) is 0 Å². The summed E-state index contributed by atoms with van der Waals surface area (Å²) in [5.41, 5.74) is 2.12. The van der Waals surface area contributed by atoms with Gasteiger partial charge in [-0.15, -0.1) is 0 Å². The number of phenolic OH excluding ortho intramolecular Hbond substituents is 1. The molecule has 2 atom stereocenters. The monoisotopic (exact) mass is 430 g/mol. The molecule has 28 heavy (non-hydrogen) atoms. The summed E-state index contributed by atoms with van der Waals surface area (Å²) in [7, 11) is 0. The van der Waals surface area contributed by atoms with Crippen molar-refractivity contribution in [3.8, 4) is 5.75 Å². The molecule has 0 saturated heterocycles. The van der Waals surface area contributed by atoms with E-state index >= 15 is 0 Å². The number of aryl methyl sites for hydroxylation is 1. The molecule has 0 aliphatic heterocycles. The molecule has 9 heteroatoms. The van der Waals surface area contributed by atoms with E-state index in [-0.39, 0.29) is 18.8 Å². The number of nitrogens with one attached hydrogen (secondary N) is 2. The van der Waals surface area contributed by atoms with Crippen molar-refractivity contribution < 1.29 is 24.9 Å². The Balaban J connectivity index is 2.84. The van der Waals surface area contributed by atoms with Crippen molar-refractivity contribution in [1.29, 1.82) is 0 Å². The number of carbonyl (C=O) groups is 2. The topological polar surface area (TPSA) is 119 Å². The van der Waals surface area contributed by atoms with Crippen molar-refractivity contribution in [3.05, 3.63) is 28.8 Å². The van der Waals surface area contributed by atoms with Gasteiger partial charge < -0.3 is 26.0 Å². The lowest BCUT2D eigenvalue weighted by Gasteiger charge is -2.18. The first-order valence-electron chi connectivity index (χ1n) is 9.01. The Morgan fingerprint density at radius 2 is 1.32 bits per heavy atom. The second kappa shape index (κ2) is 12.9. The first kappa shape index (κ1) is 24.6. The molecule has 1 rings (SSSR count). The Labute approximate surface area is 174 Å². The minimum atomic E-state index is -0.916. The van der Waals surface area contributed by atoms with Gasteiger partial charge in [0, 0.05) is 24.2 Å². The van der Waals surface area contributed by atoms with E-state index in [9.17, 15) is 24.9 Å². The van der Waals surface area contributed by atoms with Crippen LogP contribution in [0.1, 0.15) is 29.5 Å². The molecular formula is C19H30N2O5S2. The number of hydrogen-bond donors (Lipinski definition) is 5. The molecule has 0 aliphatic carbocycles. The van der Waals surface area contributed by atoms with E-state index in [4.69, 9.17) is 0 Å². The molecule has 1 aromatic rings. The number of rotatable bonds is 14. The molecule has 0 aromatic heterocycles. The fourth-order valence-corrected chi connectivity index (χ4v) is 3.71. The average Bonchev–Trinajstić information content (AvgIpc) is 2.64. The van der Waals surface area contributed by atoms with Crippen molar-refractivity contribution in [3.63, 3.8) is 0 Å². The predicted molar refractivity (Wildman–Crippen MR) is 115 cm³/mol. The Kier molecular flexibility index (Phi) is 11.4. The van der Waals surface area contributed by atoms with Gasteiger partial charge in [-0.3, -0.25) is 9.59 Å². The van der Waals surface area contributed by atoms with Gasteiger partial charge in [-0.1, -0.05) is 17.7 Å². The quantitative estimate of drug-likeness (QED) is 0.303. The lowest BCUT2D eigenvalue weighted by atomic mass is 10.0. The third kappa shape index (κ3) is 8.30. The molecule has 0 heterocycles. The second-order valence-electron chi connectivity index (χ2n) is 6.54. The number of benzene rings is 1. The van der Waals surface area contributed by atoms with Gasteiger partial charge in [-0.05, 0) is 43.8 Å². The van der Waals surface area contributed by atoms with E-state index in [2.05, 4.69) is 10.6 Å². The zero-order valence-corrected chi connectivity index (χ0v) is 18.2. The zero-order valence-electron chi connectivity index (χ0n) is 16.5.